The number of fused-ring (bicyclic) bond motifs is 1. The van der Waals surface area contributed by atoms with Gasteiger partial charge in [0, 0.05) is 32.4 Å². The van der Waals surface area contributed by atoms with Gasteiger partial charge in [-0.1, -0.05) is 12.1 Å². The number of carbonyl (C=O) groups excluding carboxylic acids is 1. The van der Waals surface area contributed by atoms with Crippen LogP contribution in [-0.2, 0) is 13.5 Å². The summed E-state index contributed by atoms with van der Waals surface area (Å²) in [6, 6.07) is 8.02. The molecule has 0 saturated carbocycles. The minimum atomic E-state index is -0.305. The smallest absolute Gasteiger partial charge is 0.273 e. The Morgan fingerprint density at radius 3 is 2.83 bits per heavy atom. The molecule has 3 N–H and O–H groups in total. The quantitative estimate of drug-likeness (QED) is 0.692. The second-order valence-electron chi connectivity index (χ2n) is 5.23. The fourth-order valence-corrected chi connectivity index (χ4v) is 2.47. The summed E-state index contributed by atoms with van der Waals surface area (Å²) in [5.41, 5.74) is 7.89. The third-order valence-electron chi connectivity index (χ3n) is 3.68. The van der Waals surface area contributed by atoms with Gasteiger partial charge in [0.15, 0.2) is 11.5 Å². The van der Waals surface area contributed by atoms with E-state index in [9.17, 15) is 4.79 Å². The fourth-order valence-electron chi connectivity index (χ4n) is 2.47. The van der Waals surface area contributed by atoms with Crippen LogP contribution in [0.5, 0.6) is 0 Å². The number of aromatic nitrogens is 4. The minimum Gasteiger partial charge on any atom is -0.382 e. The van der Waals surface area contributed by atoms with Crippen LogP contribution in [0.4, 0.5) is 5.82 Å². The van der Waals surface area contributed by atoms with Crippen LogP contribution in [0.2, 0.25) is 0 Å². The lowest BCUT2D eigenvalue weighted by Gasteiger charge is -2.06. The van der Waals surface area contributed by atoms with E-state index in [4.69, 9.17) is 5.73 Å². The minimum absolute atomic E-state index is 0.139. The monoisotopic (exact) mass is 310 g/mol. The molecule has 2 heterocycles. The predicted molar refractivity (Wildman–Crippen MR) is 87.8 cm³/mol. The number of imidazole rings is 1. The number of aryl methyl sites for hydroxylation is 2. The second-order valence-corrected chi connectivity index (χ2v) is 5.23. The van der Waals surface area contributed by atoms with Crippen molar-refractivity contribution < 1.29 is 4.79 Å². The van der Waals surface area contributed by atoms with Crippen molar-refractivity contribution in [1.29, 1.82) is 0 Å². The average Bonchev–Trinajstić information content (AvgIpc) is 2.88. The number of rotatable bonds is 5. The number of para-hydroxylation sites is 2. The molecule has 0 aliphatic rings. The Morgan fingerprint density at radius 2 is 2.04 bits per heavy atom. The Morgan fingerprint density at radius 1 is 1.26 bits per heavy atom. The van der Waals surface area contributed by atoms with Crippen molar-refractivity contribution in [3.8, 4) is 0 Å². The Balaban J connectivity index is 1.56. The highest BCUT2D eigenvalue weighted by Crippen LogP contribution is 2.15. The van der Waals surface area contributed by atoms with E-state index in [1.807, 2.05) is 31.3 Å². The lowest BCUT2D eigenvalue weighted by atomic mass is 10.3. The maximum absolute atomic E-state index is 12.0. The first-order valence-corrected chi connectivity index (χ1v) is 7.42. The Hall–Kier alpha value is -2.96. The van der Waals surface area contributed by atoms with E-state index in [0.717, 1.165) is 29.7 Å². The number of nitrogens with one attached hydrogen (secondary N) is 1. The highest BCUT2D eigenvalue weighted by Gasteiger charge is 2.11. The zero-order valence-electron chi connectivity index (χ0n) is 12.9. The molecular formula is C16H18N6O. The molecule has 23 heavy (non-hydrogen) atoms. The summed E-state index contributed by atoms with van der Waals surface area (Å²) in [6.07, 6.45) is 4.47. The van der Waals surface area contributed by atoms with E-state index < -0.39 is 0 Å². The van der Waals surface area contributed by atoms with Crippen LogP contribution in [0, 0.1) is 0 Å². The van der Waals surface area contributed by atoms with Crippen molar-refractivity contribution in [1.82, 2.24) is 24.8 Å². The number of nitrogens with two attached hydrogens (primary N) is 1. The molecule has 1 aromatic carbocycles. The summed E-state index contributed by atoms with van der Waals surface area (Å²) in [4.78, 5) is 24.4. The maximum Gasteiger partial charge on any atom is 0.273 e. The Bertz CT molecular complexity index is 841. The SMILES string of the molecule is Cn1c(CCCNC(=O)c2nccnc2N)nc2ccccc21. The third kappa shape index (κ3) is 3.13. The number of carbonyl (C=O) groups is 1. The zero-order valence-corrected chi connectivity index (χ0v) is 12.9. The lowest BCUT2D eigenvalue weighted by Crippen LogP contribution is -2.27. The average molecular weight is 310 g/mol. The number of nitrogen functional groups attached to an aromatic ring is 1. The van der Waals surface area contributed by atoms with E-state index >= 15 is 0 Å². The van der Waals surface area contributed by atoms with E-state index in [1.54, 1.807) is 0 Å². The molecule has 0 unspecified atom stereocenters. The Labute approximate surface area is 133 Å². The molecule has 0 aliphatic carbocycles. The molecule has 0 bridgehead atoms. The molecule has 0 spiro atoms. The maximum atomic E-state index is 12.0. The number of hydrogen-bond donors (Lipinski definition) is 2. The summed E-state index contributed by atoms with van der Waals surface area (Å²) in [6.45, 7) is 0.526. The van der Waals surface area contributed by atoms with Crippen molar-refractivity contribution in [2.75, 3.05) is 12.3 Å². The molecular weight excluding hydrogens is 292 g/mol. The first-order valence-electron chi connectivity index (χ1n) is 7.42. The topological polar surface area (TPSA) is 98.7 Å². The third-order valence-corrected chi connectivity index (χ3v) is 3.68. The molecule has 0 fully saturated rings. The molecule has 0 atom stereocenters. The molecule has 3 aromatic rings. The number of hydrogen-bond acceptors (Lipinski definition) is 5. The highest BCUT2D eigenvalue weighted by molar-refractivity contribution is 5.96. The standard InChI is InChI=1S/C16H18N6O/c1-22-12-6-3-2-5-11(12)21-13(22)7-4-8-20-16(23)14-15(17)19-10-9-18-14/h2-3,5-6,9-10H,4,7-8H2,1H3,(H2,17,19)(H,20,23). The summed E-state index contributed by atoms with van der Waals surface area (Å²) in [5, 5.41) is 2.80. The van der Waals surface area contributed by atoms with Crippen molar-refractivity contribution in [3.05, 3.63) is 48.2 Å². The van der Waals surface area contributed by atoms with E-state index in [0.29, 0.717) is 6.54 Å². The molecule has 0 radical (unpaired) electrons. The van der Waals surface area contributed by atoms with E-state index in [2.05, 4.69) is 24.8 Å². The number of nitrogens with zero attached hydrogens (tertiary/aromatic N) is 4. The van der Waals surface area contributed by atoms with Crippen LogP contribution in [0.1, 0.15) is 22.7 Å². The molecule has 118 valence electrons. The van der Waals surface area contributed by atoms with Crippen LogP contribution < -0.4 is 11.1 Å². The number of anilines is 1. The number of benzene rings is 1. The van der Waals surface area contributed by atoms with Crippen LogP contribution in [0.15, 0.2) is 36.7 Å². The fraction of sp³-hybridized carbons (Fsp3) is 0.250. The van der Waals surface area contributed by atoms with Gasteiger partial charge in [-0.2, -0.15) is 0 Å². The molecule has 2 aromatic heterocycles. The normalized spacial score (nSPS) is 10.8. The summed E-state index contributed by atoms with van der Waals surface area (Å²) in [7, 11) is 2.00. The van der Waals surface area contributed by atoms with Crippen LogP contribution in [-0.4, -0.2) is 32.0 Å². The van der Waals surface area contributed by atoms with Crippen LogP contribution in [0.3, 0.4) is 0 Å². The zero-order chi connectivity index (χ0) is 16.2. The highest BCUT2D eigenvalue weighted by atomic mass is 16.1. The molecule has 0 saturated heterocycles. The van der Waals surface area contributed by atoms with Crippen molar-refractivity contribution >= 4 is 22.8 Å². The predicted octanol–water partition coefficient (Wildman–Crippen LogP) is 1.31. The van der Waals surface area contributed by atoms with Crippen LogP contribution >= 0.6 is 0 Å². The van der Waals surface area contributed by atoms with Gasteiger partial charge in [-0.25, -0.2) is 15.0 Å². The van der Waals surface area contributed by atoms with Gasteiger partial charge in [0.2, 0.25) is 0 Å². The summed E-state index contributed by atoms with van der Waals surface area (Å²) in [5.74, 6) is 0.834. The largest absolute Gasteiger partial charge is 0.382 e. The van der Waals surface area contributed by atoms with Gasteiger partial charge in [-0.3, -0.25) is 4.79 Å². The molecule has 3 rings (SSSR count). The van der Waals surface area contributed by atoms with Crippen molar-refractivity contribution in [3.63, 3.8) is 0 Å². The first-order chi connectivity index (χ1) is 11.2. The molecule has 0 aliphatic heterocycles. The van der Waals surface area contributed by atoms with E-state index in [-0.39, 0.29) is 17.4 Å². The molecule has 7 heteroatoms. The molecule has 7 nitrogen and oxygen atoms in total. The lowest BCUT2D eigenvalue weighted by molar-refractivity contribution is 0.0949. The van der Waals surface area contributed by atoms with Crippen molar-refractivity contribution in [2.45, 2.75) is 12.8 Å². The van der Waals surface area contributed by atoms with E-state index in [1.165, 1.54) is 12.4 Å². The summed E-state index contributed by atoms with van der Waals surface area (Å²) < 4.78 is 2.08. The van der Waals surface area contributed by atoms with Crippen LogP contribution in [0.25, 0.3) is 11.0 Å². The van der Waals surface area contributed by atoms with Crippen molar-refractivity contribution in [2.24, 2.45) is 7.05 Å². The number of amides is 1. The second kappa shape index (κ2) is 6.43. The van der Waals surface area contributed by atoms with Gasteiger partial charge in [-0.15, -0.1) is 0 Å². The van der Waals surface area contributed by atoms with Gasteiger partial charge >= 0.3 is 0 Å². The van der Waals surface area contributed by atoms with Gasteiger partial charge < -0.3 is 15.6 Å². The van der Waals surface area contributed by atoms with Gasteiger partial charge in [0.25, 0.3) is 5.91 Å². The first kappa shape index (κ1) is 15.0. The van der Waals surface area contributed by atoms with Gasteiger partial charge in [0.1, 0.15) is 5.82 Å². The Kier molecular flexibility index (Phi) is 4.18. The molecule has 1 amide bonds. The van der Waals surface area contributed by atoms with Gasteiger partial charge in [0.05, 0.1) is 11.0 Å². The van der Waals surface area contributed by atoms with Gasteiger partial charge in [-0.05, 0) is 18.6 Å². The summed E-state index contributed by atoms with van der Waals surface area (Å²) >= 11 is 0.